The first kappa shape index (κ1) is 18.9. The van der Waals surface area contributed by atoms with Crippen LogP contribution in [0.3, 0.4) is 0 Å². The number of likely N-dealkylation sites (N-methyl/N-ethyl adjacent to an activating group) is 1. The minimum Gasteiger partial charge on any atom is -0.468 e. The predicted molar refractivity (Wildman–Crippen MR) is 79.1 cm³/mol. The highest BCUT2D eigenvalue weighted by molar-refractivity contribution is 5.81. The fraction of sp³-hybridized carbons (Fsp3) is 0.857. The first-order valence-corrected chi connectivity index (χ1v) is 6.99. The van der Waals surface area contributed by atoms with Gasteiger partial charge in [-0.2, -0.15) is 0 Å². The molecule has 0 radical (unpaired) electrons. The summed E-state index contributed by atoms with van der Waals surface area (Å²) < 4.78 is 4.89. The van der Waals surface area contributed by atoms with Gasteiger partial charge in [-0.15, -0.1) is 0 Å². The molecular weight excluding hydrogens is 258 g/mol. The second kappa shape index (κ2) is 8.21. The quantitative estimate of drug-likeness (QED) is 0.534. The van der Waals surface area contributed by atoms with Crippen LogP contribution in [0.25, 0.3) is 0 Å². The highest BCUT2D eigenvalue weighted by Gasteiger charge is 2.36. The van der Waals surface area contributed by atoms with E-state index in [-0.39, 0.29) is 29.9 Å². The van der Waals surface area contributed by atoms with Crippen LogP contribution in [0.2, 0.25) is 0 Å². The molecule has 0 bridgehead atoms. The summed E-state index contributed by atoms with van der Waals surface area (Å²) in [6, 6.07) is -0.228. The van der Waals surface area contributed by atoms with Crippen molar-refractivity contribution in [2.45, 2.75) is 58.2 Å². The second-order valence-electron chi connectivity index (χ2n) is 5.91. The van der Waals surface area contributed by atoms with Gasteiger partial charge in [0.2, 0.25) is 5.91 Å². The molecule has 20 heavy (non-hydrogen) atoms. The van der Waals surface area contributed by atoms with Gasteiger partial charge in [0.25, 0.3) is 0 Å². The first-order valence-electron chi connectivity index (χ1n) is 6.99. The molecule has 0 aromatic carbocycles. The number of hydrogen-bond acceptors (Lipinski definition) is 5. The summed E-state index contributed by atoms with van der Waals surface area (Å²) in [6.07, 6.45) is 1.15. The van der Waals surface area contributed by atoms with E-state index in [1.807, 2.05) is 27.7 Å². The van der Waals surface area contributed by atoms with Crippen molar-refractivity contribution in [3.8, 4) is 0 Å². The molecule has 0 aliphatic carbocycles. The summed E-state index contributed by atoms with van der Waals surface area (Å²) in [5.41, 5.74) is 4.55. The average molecular weight is 287 g/mol. The molecule has 0 saturated heterocycles. The zero-order valence-corrected chi connectivity index (χ0v) is 13.4. The molecule has 6 heteroatoms. The van der Waals surface area contributed by atoms with Crippen LogP contribution < -0.4 is 16.4 Å². The van der Waals surface area contributed by atoms with Gasteiger partial charge < -0.3 is 15.8 Å². The van der Waals surface area contributed by atoms with Crippen LogP contribution in [-0.2, 0) is 14.3 Å². The maximum Gasteiger partial charge on any atom is 0.325 e. The SMILES string of the molecule is CNC(CC(C)CC(C)(NC(C)C)C(=O)OC)C(N)=O. The Morgan fingerprint density at radius 3 is 2.20 bits per heavy atom. The molecule has 6 nitrogen and oxygen atoms in total. The van der Waals surface area contributed by atoms with Crippen LogP contribution in [0, 0.1) is 5.92 Å². The Balaban J connectivity index is 4.81. The lowest BCUT2D eigenvalue weighted by molar-refractivity contribution is -0.149. The molecule has 0 spiro atoms. The first-order chi connectivity index (χ1) is 9.16. The topological polar surface area (TPSA) is 93.4 Å². The van der Waals surface area contributed by atoms with E-state index in [0.717, 1.165) is 0 Å². The minimum absolute atomic E-state index is 0.135. The number of hydrogen-bond donors (Lipinski definition) is 3. The Morgan fingerprint density at radius 2 is 1.85 bits per heavy atom. The molecule has 1 amide bonds. The maximum absolute atomic E-state index is 12.0. The van der Waals surface area contributed by atoms with Crippen LogP contribution in [-0.4, -0.2) is 43.7 Å². The van der Waals surface area contributed by atoms with Gasteiger partial charge in [-0.25, -0.2) is 0 Å². The zero-order chi connectivity index (χ0) is 15.9. The normalized spacial score (nSPS) is 17.4. The van der Waals surface area contributed by atoms with Crippen molar-refractivity contribution in [2.24, 2.45) is 11.7 Å². The number of nitrogens with one attached hydrogen (secondary N) is 2. The lowest BCUT2D eigenvalue weighted by atomic mass is 9.85. The van der Waals surface area contributed by atoms with Crippen molar-refractivity contribution >= 4 is 11.9 Å². The van der Waals surface area contributed by atoms with E-state index < -0.39 is 5.54 Å². The van der Waals surface area contributed by atoms with E-state index >= 15 is 0 Å². The number of amides is 1. The number of nitrogens with two attached hydrogens (primary N) is 1. The Labute approximate surface area is 121 Å². The van der Waals surface area contributed by atoms with Crippen molar-refractivity contribution in [3.63, 3.8) is 0 Å². The lowest BCUT2D eigenvalue weighted by Gasteiger charge is -2.33. The summed E-state index contributed by atoms with van der Waals surface area (Å²) in [6.45, 7) is 7.78. The molecule has 3 unspecified atom stereocenters. The fourth-order valence-electron chi connectivity index (χ4n) is 2.62. The van der Waals surface area contributed by atoms with Gasteiger partial charge in [0, 0.05) is 6.04 Å². The molecule has 0 fully saturated rings. The van der Waals surface area contributed by atoms with Crippen LogP contribution in [0.15, 0.2) is 0 Å². The monoisotopic (exact) mass is 287 g/mol. The molecule has 0 aromatic heterocycles. The smallest absolute Gasteiger partial charge is 0.325 e. The van der Waals surface area contributed by atoms with Gasteiger partial charge in [0.1, 0.15) is 5.54 Å². The van der Waals surface area contributed by atoms with E-state index in [1.54, 1.807) is 7.05 Å². The lowest BCUT2D eigenvalue weighted by Crippen LogP contribution is -2.54. The number of primary amides is 1. The number of esters is 1. The molecular formula is C14H29N3O3. The number of rotatable bonds is 9. The number of methoxy groups -OCH3 is 1. The van der Waals surface area contributed by atoms with Gasteiger partial charge in [0.15, 0.2) is 0 Å². The van der Waals surface area contributed by atoms with E-state index in [1.165, 1.54) is 7.11 Å². The highest BCUT2D eigenvalue weighted by atomic mass is 16.5. The number of carbonyl (C=O) groups is 2. The minimum atomic E-state index is -0.766. The molecule has 118 valence electrons. The van der Waals surface area contributed by atoms with E-state index in [9.17, 15) is 9.59 Å². The van der Waals surface area contributed by atoms with Gasteiger partial charge in [-0.1, -0.05) is 6.92 Å². The Hall–Kier alpha value is -1.14. The number of ether oxygens (including phenoxy) is 1. The van der Waals surface area contributed by atoms with Crippen LogP contribution in [0.4, 0.5) is 0 Å². The average Bonchev–Trinajstić information content (AvgIpc) is 2.33. The van der Waals surface area contributed by atoms with Gasteiger partial charge in [0.05, 0.1) is 13.2 Å². The molecule has 4 N–H and O–H groups in total. The predicted octanol–water partition coefficient (Wildman–Crippen LogP) is 0.406. The summed E-state index contributed by atoms with van der Waals surface area (Å²) >= 11 is 0. The van der Waals surface area contributed by atoms with Gasteiger partial charge in [-0.3, -0.25) is 14.9 Å². The van der Waals surface area contributed by atoms with E-state index in [0.29, 0.717) is 12.8 Å². The molecule has 0 aliphatic rings. The van der Waals surface area contributed by atoms with E-state index in [4.69, 9.17) is 10.5 Å². The summed E-state index contributed by atoms with van der Waals surface area (Å²) in [7, 11) is 3.08. The van der Waals surface area contributed by atoms with Crippen molar-refractivity contribution in [3.05, 3.63) is 0 Å². The van der Waals surface area contributed by atoms with Crippen LogP contribution in [0.5, 0.6) is 0 Å². The summed E-state index contributed by atoms with van der Waals surface area (Å²) in [5.74, 6) is -0.538. The Kier molecular flexibility index (Phi) is 7.75. The third-order valence-electron chi connectivity index (χ3n) is 3.33. The van der Waals surface area contributed by atoms with E-state index in [2.05, 4.69) is 10.6 Å². The fourth-order valence-corrected chi connectivity index (χ4v) is 2.62. The summed E-state index contributed by atoms with van der Waals surface area (Å²) in [4.78, 5) is 23.3. The number of carbonyl (C=O) groups excluding carboxylic acids is 2. The van der Waals surface area contributed by atoms with Crippen molar-refractivity contribution in [2.75, 3.05) is 14.2 Å². The van der Waals surface area contributed by atoms with Crippen molar-refractivity contribution < 1.29 is 14.3 Å². The maximum atomic E-state index is 12.0. The molecule has 0 heterocycles. The standard InChI is InChI=1S/C14H29N3O3/c1-9(2)17-14(4,13(19)20-6)8-10(3)7-11(16-5)12(15)18/h9-11,16-17H,7-8H2,1-6H3,(H2,15,18). The highest BCUT2D eigenvalue weighted by Crippen LogP contribution is 2.22. The van der Waals surface area contributed by atoms with Crippen LogP contribution in [0.1, 0.15) is 40.5 Å². The largest absolute Gasteiger partial charge is 0.468 e. The third kappa shape index (κ3) is 5.88. The molecule has 0 saturated carbocycles. The molecule has 3 atom stereocenters. The van der Waals surface area contributed by atoms with Crippen molar-refractivity contribution in [1.82, 2.24) is 10.6 Å². The van der Waals surface area contributed by atoms with Crippen LogP contribution >= 0.6 is 0 Å². The molecule has 0 rings (SSSR count). The van der Waals surface area contributed by atoms with Crippen molar-refractivity contribution in [1.29, 1.82) is 0 Å². The zero-order valence-electron chi connectivity index (χ0n) is 13.4. The van der Waals surface area contributed by atoms with Gasteiger partial charge >= 0.3 is 5.97 Å². The Bertz CT molecular complexity index is 334. The van der Waals surface area contributed by atoms with Gasteiger partial charge in [-0.05, 0) is 46.6 Å². The molecule has 0 aromatic rings. The summed E-state index contributed by atoms with van der Waals surface area (Å²) in [5, 5.41) is 6.14. The third-order valence-corrected chi connectivity index (χ3v) is 3.33. The molecule has 0 aliphatic heterocycles. The Morgan fingerprint density at radius 1 is 1.30 bits per heavy atom. The second-order valence-corrected chi connectivity index (χ2v) is 5.91.